The first-order chi connectivity index (χ1) is 11.1. The number of amides is 1. The highest BCUT2D eigenvalue weighted by atomic mass is 19.1. The maximum Gasteiger partial charge on any atom is 0.227 e. The minimum Gasteiger partial charge on any atom is -0.377 e. The second kappa shape index (κ2) is 6.50. The van der Waals surface area contributed by atoms with Gasteiger partial charge in [-0.25, -0.2) is 4.39 Å². The Morgan fingerprint density at radius 3 is 2.91 bits per heavy atom. The maximum absolute atomic E-state index is 13.8. The fourth-order valence-electron chi connectivity index (χ4n) is 3.10. The Hall–Kier alpha value is -2.21. The van der Waals surface area contributed by atoms with Crippen LogP contribution in [0.5, 0.6) is 0 Å². The van der Waals surface area contributed by atoms with Crippen LogP contribution in [0.1, 0.15) is 28.6 Å². The fourth-order valence-corrected chi connectivity index (χ4v) is 3.10. The van der Waals surface area contributed by atoms with E-state index in [1.165, 1.54) is 6.07 Å². The van der Waals surface area contributed by atoms with Gasteiger partial charge in [-0.2, -0.15) is 5.10 Å². The van der Waals surface area contributed by atoms with E-state index in [2.05, 4.69) is 10.2 Å². The number of halogens is 1. The zero-order chi connectivity index (χ0) is 16.4. The average molecular weight is 317 g/mol. The van der Waals surface area contributed by atoms with E-state index in [-0.39, 0.29) is 24.2 Å². The van der Waals surface area contributed by atoms with Crippen LogP contribution in [0.15, 0.2) is 24.3 Å². The van der Waals surface area contributed by atoms with Crippen molar-refractivity contribution in [3.63, 3.8) is 0 Å². The molecule has 0 radical (unpaired) electrons. The lowest BCUT2D eigenvalue weighted by atomic mass is 10.0. The van der Waals surface area contributed by atoms with Crippen molar-refractivity contribution in [3.05, 3.63) is 52.6 Å². The zero-order valence-corrected chi connectivity index (χ0v) is 13.3. The lowest BCUT2D eigenvalue weighted by molar-refractivity contribution is -0.139. The van der Waals surface area contributed by atoms with Gasteiger partial charge in [-0.15, -0.1) is 0 Å². The van der Waals surface area contributed by atoms with E-state index in [1.807, 2.05) is 13.8 Å². The van der Waals surface area contributed by atoms with Gasteiger partial charge in [0.2, 0.25) is 5.91 Å². The minimum atomic E-state index is -0.346. The number of aryl methyl sites for hydroxylation is 2. The molecular weight excluding hydrogens is 297 g/mol. The van der Waals surface area contributed by atoms with Gasteiger partial charge in [-0.3, -0.25) is 9.89 Å². The van der Waals surface area contributed by atoms with Gasteiger partial charge >= 0.3 is 0 Å². The number of nitrogens with one attached hydrogen (secondary N) is 1. The lowest BCUT2D eigenvalue weighted by Gasteiger charge is -2.36. The number of hydrogen-bond acceptors (Lipinski definition) is 3. The van der Waals surface area contributed by atoms with Crippen LogP contribution in [-0.4, -0.2) is 40.8 Å². The van der Waals surface area contributed by atoms with Crippen LogP contribution in [0.4, 0.5) is 4.39 Å². The van der Waals surface area contributed by atoms with E-state index < -0.39 is 0 Å². The van der Waals surface area contributed by atoms with Crippen LogP contribution in [0.2, 0.25) is 0 Å². The van der Waals surface area contributed by atoms with Crippen molar-refractivity contribution in [1.82, 2.24) is 15.1 Å². The number of carbonyl (C=O) groups excluding carboxylic acids is 1. The maximum atomic E-state index is 13.8. The molecule has 3 rings (SSSR count). The summed E-state index contributed by atoms with van der Waals surface area (Å²) in [5.74, 6) is -0.440. The van der Waals surface area contributed by atoms with Crippen molar-refractivity contribution in [2.45, 2.75) is 26.3 Å². The molecule has 1 aromatic carbocycles. The normalized spacial score (nSPS) is 18.2. The lowest BCUT2D eigenvalue weighted by Crippen LogP contribution is -2.44. The zero-order valence-electron chi connectivity index (χ0n) is 13.3. The van der Waals surface area contributed by atoms with E-state index in [1.54, 1.807) is 23.1 Å². The second-order valence-corrected chi connectivity index (χ2v) is 5.79. The van der Waals surface area contributed by atoms with E-state index in [4.69, 9.17) is 4.74 Å². The highest BCUT2D eigenvalue weighted by Gasteiger charge is 2.32. The van der Waals surface area contributed by atoms with Crippen LogP contribution in [0, 0.1) is 19.7 Å². The number of ether oxygens (including phenoxy) is 1. The Morgan fingerprint density at radius 1 is 1.43 bits per heavy atom. The number of hydrogen-bond donors (Lipinski definition) is 1. The Bertz CT molecular complexity index is 694. The monoisotopic (exact) mass is 317 g/mol. The number of carbonyl (C=O) groups is 1. The number of nitrogens with zero attached hydrogens (tertiary/aromatic N) is 2. The summed E-state index contributed by atoms with van der Waals surface area (Å²) < 4.78 is 19.4. The molecule has 1 fully saturated rings. The quantitative estimate of drug-likeness (QED) is 0.945. The number of morpholine rings is 1. The molecule has 1 aromatic heterocycles. The molecule has 2 aromatic rings. The van der Waals surface area contributed by atoms with Crippen LogP contribution in [0.3, 0.4) is 0 Å². The van der Waals surface area contributed by atoms with Crippen LogP contribution < -0.4 is 0 Å². The van der Waals surface area contributed by atoms with Gasteiger partial charge in [0.25, 0.3) is 0 Å². The first-order valence-electron chi connectivity index (χ1n) is 7.70. The van der Waals surface area contributed by atoms with Gasteiger partial charge in [-0.1, -0.05) is 18.2 Å². The largest absolute Gasteiger partial charge is 0.377 e. The number of benzene rings is 1. The first kappa shape index (κ1) is 15.7. The molecule has 0 aliphatic carbocycles. The smallest absolute Gasteiger partial charge is 0.227 e. The molecule has 6 heteroatoms. The average Bonchev–Trinajstić information content (AvgIpc) is 2.88. The summed E-state index contributed by atoms with van der Waals surface area (Å²) in [6.45, 7) is 5.28. The number of H-pyrrole nitrogens is 1. The molecule has 23 heavy (non-hydrogen) atoms. The minimum absolute atomic E-state index is 0.0547. The number of aromatic nitrogens is 2. The van der Waals surface area contributed by atoms with Crippen molar-refractivity contribution < 1.29 is 13.9 Å². The fraction of sp³-hybridized carbons (Fsp3) is 0.412. The molecule has 0 spiro atoms. The Balaban J connectivity index is 1.84. The molecule has 122 valence electrons. The molecule has 1 aliphatic rings. The summed E-state index contributed by atoms with van der Waals surface area (Å²) in [7, 11) is 0. The van der Waals surface area contributed by atoms with Crippen molar-refractivity contribution >= 4 is 5.91 Å². The molecule has 2 heterocycles. The summed E-state index contributed by atoms with van der Waals surface area (Å²) >= 11 is 0. The number of rotatable bonds is 3. The molecule has 1 amide bonds. The topological polar surface area (TPSA) is 58.2 Å². The Morgan fingerprint density at radius 2 is 2.22 bits per heavy atom. The predicted molar refractivity (Wildman–Crippen MR) is 83.4 cm³/mol. The van der Waals surface area contributed by atoms with Gasteiger partial charge < -0.3 is 9.64 Å². The molecule has 1 atom stereocenters. The van der Waals surface area contributed by atoms with Crippen molar-refractivity contribution in [3.8, 4) is 0 Å². The van der Waals surface area contributed by atoms with E-state index in [9.17, 15) is 9.18 Å². The van der Waals surface area contributed by atoms with Crippen molar-refractivity contribution in [2.75, 3.05) is 19.8 Å². The van der Waals surface area contributed by atoms with Gasteiger partial charge in [0, 0.05) is 17.8 Å². The number of aromatic amines is 1. The van der Waals surface area contributed by atoms with Gasteiger partial charge in [0.1, 0.15) is 5.82 Å². The van der Waals surface area contributed by atoms with E-state index in [0.29, 0.717) is 25.3 Å². The van der Waals surface area contributed by atoms with E-state index >= 15 is 0 Å². The summed E-state index contributed by atoms with van der Waals surface area (Å²) in [4.78, 5) is 14.5. The Kier molecular flexibility index (Phi) is 4.43. The molecule has 1 saturated heterocycles. The standard InChI is InChI=1S/C17H20FN3O2/c1-11-17(12(2)20-19-11)15-10-23-8-7-21(15)16(22)9-13-5-3-4-6-14(13)18/h3-6,15H,7-10H2,1-2H3,(H,19,20)/t15-/m1/s1. The van der Waals surface area contributed by atoms with Crippen molar-refractivity contribution in [1.29, 1.82) is 0 Å². The molecule has 1 N–H and O–H groups in total. The van der Waals surface area contributed by atoms with Crippen LogP contribution in [-0.2, 0) is 16.0 Å². The van der Waals surface area contributed by atoms with Gasteiger partial charge in [0.05, 0.1) is 31.4 Å². The third-order valence-electron chi connectivity index (χ3n) is 4.27. The summed E-state index contributed by atoms with van der Waals surface area (Å²) in [5.41, 5.74) is 3.21. The summed E-state index contributed by atoms with van der Waals surface area (Å²) in [6, 6.07) is 6.22. The summed E-state index contributed by atoms with van der Waals surface area (Å²) in [6.07, 6.45) is 0.0547. The van der Waals surface area contributed by atoms with Crippen LogP contribution in [0.25, 0.3) is 0 Å². The molecular formula is C17H20FN3O2. The van der Waals surface area contributed by atoms with Crippen molar-refractivity contribution in [2.24, 2.45) is 0 Å². The molecule has 0 unspecified atom stereocenters. The molecule has 1 aliphatic heterocycles. The highest BCUT2D eigenvalue weighted by Crippen LogP contribution is 2.29. The first-order valence-corrected chi connectivity index (χ1v) is 7.70. The third kappa shape index (κ3) is 3.12. The van der Waals surface area contributed by atoms with E-state index in [0.717, 1.165) is 17.0 Å². The van der Waals surface area contributed by atoms with Gasteiger partial charge in [-0.05, 0) is 25.5 Å². The molecule has 0 saturated carbocycles. The summed E-state index contributed by atoms with van der Waals surface area (Å²) in [5, 5.41) is 7.15. The second-order valence-electron chi connectivity index (χ2n) is 5.79. The SMILES string of the molecule is Cc1n[nH]c(C)c1[C@H]1COCCN1C(=O)Cc1ccccc1F. The third-order valence-corrected chi connectivity index (χ3v) is 4.27. The van der Waals surface area contributed by atoms with Crippen LogP contribution >= 0.6 is 0 Å². The highest BCUT2D eigenvalue weighted by molar-refractivity contribution is 5.79. The Labute approximate surface area is 134 Å². The molecule has 5 nitrogen and oxygen atoms in total. The predicted octanol–water partition coefficient (Wildman–Crippen LogP) is 2.31. The van der Waals surface area contributed by atoms with Gasteiger partial charge in [0.15, 0.2) is 0 Å². The molecule has 0 bridgehead atoms.